The monoisotopic (exact) mass is 192 g/mol. The zero-order valence-electron chi connectivity index (χ0n) is 9.59. The zero-order chi connectivity index (χ0) is 10.6. The van der Waals surface area contributed by atoms with Crippen LogP contribution in [0.15, 0.2) is 12.1 Å². The van der Waals surface area contributed by atoms with Gasteiger partial charge >= 0.3 is 0 Å². The molecule has 0 aliphatic carbocycles. The van der Waals surface area contributed by atoms with Gasteiger partial charge < -0.3 is 5.32 Å². The Morgan fingerprint density at radius 1 is 1.36 bits per heavy atom. The third kappa shape index (κ3) is 3.46. The molecule has 2 heteroatoms. The Bertz CT molecular complexity index is 274. The first-order chi connectivity index (χ1) is 6.61. The molecule has 0 aromatic carbocycles. The summed E-state index contributed by atoms with van der Waals surface area (Å²) in [5, 5.41) is 3.39. The van der Waals surface area contributed by atoms with Crippen LogP contribution in [0, 0.1) is 13.8 Å². The number of hydrogen-bond acceptors (Lipinski definition) is 2. The highest BCUT2D eigenvalue weighted by molar-refractivity contribution is 5.19. The number of nitrogens with zero attached hydrogens (tertiary/aromatic N) is 1. The average Bonchev–Trinajstić information content (AvgIpc) is 2.01. The van der Waals surface area contributed by atoms with Crippen molar-refractivity contribution in [2.24, 2.45) is 0 Å². The molecule has 0 saturated heterocycles. The molecular formula is C12H20N2. The van der Waals surface area contributed by atoms with Crippen molar-refractivity contribution in [1.82, 2.24) is 10.3 Å². The summed E-state index contributed by atoms with van der Waals surface area (Å²) in [6, 6.07) is 4.79. The zero-order valence-corrected chi connectivity index (χ0v) is 9.59. The maximum absolute atomic E-state index is 4.52. The second kappa shape index (κ2) is 5.11. The van der Waals surface area contributed by atoms with Gasteiger partial charge in [0.25, 0.3) is 0 Å². The van der Waals surface area contributed by atoms with Crippen molar-refractivity contribution in [1.29, 1.82) is 0 Å². The smallest absolute Gasteiger partial charge is 0.0424 e. The van der Waals surface area contributed by atoms with Crippen LogP contribution in [0.5, 0.6) is 0 Å². The minimum absolute atomic E-state index is 0.508. The van der Waals surface area contributed by atoms with Crippen molar-refractivity contribution in [2.45, 2.75) is 40.2 Å². The van der Waals surface area contributed by atoms with Gasteiger partial charge in [-0.15, -0.1) is 0 Å². The van der Waals surface area contributed by atoms with Crippen LogP contribution in [0.4, 0.5) is 0 Å². The van der Waals surface area contributed by atoms with Gasteiger partial charge in [-0.1, -0.05) is 6.92 Å². The van der Waals surface area contributed by atoms with Crippen molar-refractivity contribution in [3.63, 3.8) is 0 Å². The van der Waals surface area contributed by atoms with E-state index in [-0.39, 0.29) is 0 Å². The molecule has 14 heavy (non-hydrogen) atoms. The number of aryl methyl sites for hydroxylation is 2. The van der Waals surface area contributed by atoms with Crippen molar-refractivity contribution in [2.75, 3.05) is 6.54 Å². The summed E-state index contributed by atoms with van der Waals surface area (Å²) in [7, 11) is 0. The lowest BCUT2D eigenvalue weighted by atomic mass is 10.1. The molecule has 1 atom stereocenters. The van der Waals surface area contributed by atoms with Gasteiger partial charge in [0, 0.05) is 23.9 Å². The lowest BCUT2D eigenvalue weighted by molar-refractivity contribution is 0.559. The summed E-state index contributed by atoms with van der Waals surface area (Å²) in [6.07, 6.45) is 1.01. The molecule has 2 nitrogen and oxygen atoms in total. The molecule has 0 spiro atoms. The van der Waals surface area contributed by atoms with Crippen LogP contribution in [0.3, 0.4) is 0 Å². The van der Waals surface area contributed by atoms with Gasteiger partial charge in [0.05, 0.1) is 0 Å². The number of likely N-dealkylation sites (N-methyl/N-ethyl adjacent to an activating group) is 1. The van der Waals surface area contributed by atoms with Crippen LogP contribution < -0.4 is 5.32 Å². The Morgan fingerprint density at radius 2 is 2.07 bits per heavy atom. The minimum Gasteiger partial charge on any atom is -0.314 e. The maximum atomic E-state index is 4.52. The van der Waals surface area contributed by atoms with Crippen LogP contribution in [0.2, 0.25) is 0 Å². The summed E-state index contributed by atoms with van der Waals surface area (Å²) in [6.45, 7) is 9.52. The number of aromatic nitrogens is 1. The second-order valence-corrected chi connectivity index (χ2v) is 3.94. The van der Waals surface area contributed by atoms with E-state index in [9.17, 15) is 0 Å². The molecule has 0 bridgehead atoms. The lowest BCUT2D eigenvalue weighted by Gasteiger charge is -2.12. The van der Waals surface area contributed by atoms with E-state index in [1.54, 1.807) is 0 Å². The molecule has 1 rings (SSSR count). The Balaban J connectivity index is 2.66. The van der Waals surface area contributed by atoms with Crippen LogP contribution in [-0.2, 0) is 6.42 Å². The predicted molar refractivity (Wildman–Crippen MR) is 60.6 cm³/mol. The predicted octanol–water partition coefficient (Wildman–Crippen LogP) is 2.24. The van der Waals surface area contributed by atoms with E-state index in [4.69, 9.17) is 0 Å². The van der Waals surface area contributed by atoms with E-state index in [0.29, 0.717) is 6.04 Å². The molecule has 1 aromatic rings. The molecule has 0 aliphatic heterocycles. The molecule has 0 amide bonds. The molecule has 0 aliphatic rings. The fourth-order valence-electron chi connectivity index (χ4n) is 1.76. The average molecular weight is 192 g/mol. The van der Waals surface area contributed by atoms with Crippen molar-refractivity contribution in [3.8, 4) is 0 Å². The maximum Gasteiger partial charge on any atom is 0.0424 e. The Morgan fingerprint density at radius 3 is 2.64 bits per heavy atom. The van der Waals surface area contributed by atoms with Crippen LogP contribution in [-0.4, -0.2) is 17.6 Å². The van der Waals surface area contributed by atoms with E-state index in [1.807, 2.05) is 0 Å². The van der Waals surface area contributed by atoms with Gasteiger partial charge in [-0.3, -0.25) is 4.98 Å². The first kappa shape index (κ1) is 11.2. The fourth-order valence-corrected chi connectivity index (χ4v) is 1.76. The summed E-state index contributed by atoms with van der Waals surface area (Å²) in [5.41, 5.74) is 3.61. The molecule has 1 aromatic heterocycles. The Hall–Kier alpha value is -0.890. The Labute approximate surface area is 86.8 Å². The van der Waals surface area contributed by atoms with E-state index >= 15 is 0 Å². The molecule has 1 N–H and O–H groups in total. The first-order valence-corrected chi connectivity index (χ1v) is 5.29. The summed E-state index contributed by atoms with van der Waals surface area (Å²) >= 11 is 0. The highest BCUT2D eigenvalue weighted by atomic mass is 14.9. The summed E-state index contributed by atoms with van der Waals surface area (Å²) in [5.74, 6) is 0. The van der Waals surface area contributed by atoms with E-state index < -0.39 is 0 Å². The normalized spacial score (nSPS) is 12.9. The lowest BCUT2D eigenvalue weighted by Crippen LogP contribution is -2.28. The summed E-state index contributed by atoms with van der Waals surface area (Å²) in [4.78, 5) is 4.52. The molecule has 0 radical (unpaired) electrons. The number of nitrogens with one attached hydrogen (secondary N) is 1. The van der Waals surface area contributed by atoms with Gasteiger partial charge in [0.1, 0.15) is 0 Å². The van der Waals surface area contributed by atoms with Crippen LogP contribution >= 0.6 is 0 Å². The molecule has 1 heterocycles. The van der Waals surface area contributed by atoms with Crippen molar-refractivity contribution in [3.05, 3.63) is 29.1 Å². The second-order valence-electron chi connectivity index (χ2n) is 3.94. The quantitative estimate of drug-likeness (QED) is 0.791. The van der Waals surface area contributed by atoms with Gasteiger partial charge in [-0.2, -0.15) is 0 Å². The van der Waals surface area contributed by atoms with Crippen molar-refractivity contribution >= 4 is 0 Å². The van der Waals surface area contributed by atoms with Crippen LogP contribution in [0.25, 0.3) is 0 Å². The number of rotatable bonds is 4. The van der Waals surface area contributed by atoms with Gasteiger partial charge in [0.15, 0.2) is 0 Å². The van der Waals surface area contributed by atoms with E-state index in [0.717, 1.165) is 18.7 Å². The minimum atomic E-state index is 0.508. The fraction of sp³-hybridized carbons (Fsp3) is 0.583. The number of pyridine rings is 1. The van der Waals surface area contributed by atoms with Crippen molar-refractivity contribution < 1.29 is 0 Å². The molecule has 0 fully saturated rings. The first-order valence-electron chi connectivity index (χ1n) is 5.29. The van der Waals surface area contributed by atoms with Gasteiger partial charge in [-0.05, 0) is 45.0 Å². The molecule has 0 saturated carbocycles. The Kier molecular flexibility index (Phi) is 4.08. The van der Waals surface area contributed by atoms with Gasteiger partial charge in [-0.25, -0.2) is 0 Å². The molecular weight excluding hydrogens is 172 g/mol. The third-order valence-electron chi connectivity index (χ3n) is 2.22. The highest BCUT2D eigenvalue weighted by Gasteiger charge is 2.03. The van der Waals surface area contributed by atoms with Gasteiger partial charge in [0.2, 0.25) is 0 Å². The van der Waals surface area contributed by atoms with Crippen LogP contribution in [0.1, 0.15) is 30.8 Å². The molecule has 78 valence electrons. The third-order valence-corrected chi connectivity index (χ3v) is 2.22. The molecule has 0 unspecified atom stereocenters. The SMILES string of the molecule is CCN[C@@H](C)Cc1cc(C)cc(C)n1. The highest BCUT2D eigenvalue weighted by Crippen LogP contribution is 2.06. The summed E-state index contributed by atoms with van der Waals surface area (Å²) < 4.78 is 0. The topological polar surface area (TPSA) is 24.9 Å². The van der Waals surface area contributed by atoms with E-state index in [1.165, 1.54) is 11.3 Å². The largest absolute Gasteiger partial charge is 0.314 e. The standard InChI is InChI=1S/C12H20N2/c1-5-13-10(3)8-12-7-9(2)6-11(4)14-12/h6-7,10,13H,5,8H2,1-4H3/t10-/m0/s1. The number of hydrogen-bond donors (Lipinski definition) is 1. The van der Waals surface area contributed by atoms with E-state index in [2.05, 4.69) is 50.1 Å².